The molecule has 0 bridgehead atoms. The number of nitrogens with zero attached hydrogens (tertiary/aromatic N) is 1. The van der Waals surface area contributed by atoms with E-state index in [4.69, 9.17) is 10.2 Å². The summed E-state index contributed by atoms with van der Waals surface area (Å²) in [6.45, 7) is -0.881. The Kier molecular flexibility index (Phi) is 4.50. The van der Waals surface area contributed by atoms with Crippen LogP contribution in [0.1, 0.15) is 5.56 Å². The van der Waals surface area contributed by atoms with Gasteiger partial charge >= 0.3 is 12.1 Å². The maximum Gasteiger partial charge on any atom is 0.416 e. The lowest BCUT2D eigenvalue weighted by molar-refractivity contribution is -0.384. The third-order valence-electron chi connectivity index (χ3n) is 2.33. The lowest BCUT2D eigenvalue weighted by Gasteiger charge is -2.14. The first-order valence-corrected chi connectivity index (χ1v) is 5.12. The summed E-state index contributed by atoms with van der Waals surface area (Å²) in [6.07, 6.45) is -4.76. The highest BCUT2D eigenvalue weighted by molar-refractivity contribution is 5.79. The number of nitrogens with one attached hydrogen (secondary N) is 1. The van der Waals surface area contributed by atoms with Gasteiger partial charge in [-0.25, -0.2) is 4.79 Å². The molecule has 20 heavy (non-hydrogen) atoms. The highest BCUT2D eigenvalue weighted by Gasteiger charge is 2.33. The van der Waals surface area contributed by atoms with Gasteiger partial charge in [0.25, 0.3) is 5.69 Å². The molecule has 0 amide bonds. The number of carbonyl (C=O) groups is 1. The van der Waals surface area contributed by atoms with Gasteiger partial charge in [-0.05, 0) is 12.1 Å². The summed E-state index contributed by atoms with van der Waals surface area (Å²) in [7, 11) is 0. The molecule has 1 atom stereocenters. The molecule has 1 aromatic rings. The largest absolute Gasteiger partial charge is 0.480 e. The van der Waals surface area contributed by atoms with Crippen LogP contribution < -0.4 is 5.32 Å². The van der Waals surface area contributed by atoms with Crippen LogP contribution in [0.3, 0.4) is 0 Å². The van der Waals surface area contributed by atoms with Gasteiger partial charge in [-0.2, -0.15) is 13.2 Å². The smallest absolute Gasteiger partial charge is 0.416 e. The molecule has 0 spiro atoms. The van der Waals surface area contributed by atoms with Crippen molar-refractivity contribution < 1.29 is 33.1 Å². The number of benzene rings is 1. The summed E-state index contributed by atoms with van der Waals surface area (Å²) in [6, 6.07) is 0.0435. The number of halogens is 3. The Morgan fingerprint density at radius 2 is 2.05 bits per heavy atom. The van der Waals surface area contributed by atoms with E-state index in [1.807, 2.05) is 0 Å². The second-order valence-corrected chi connectivity index (χ2v) is 3.70. The van der Waals surface area contributed by atoms with Crippen molar-refractivity contribution in [2.75, 3.05) is 11.9 Å². The molecule has 0 aromatic heterocycles. The summed E-state index contributed by atoms with van der Waals surface area (Å²) < 4.78 is 37.3. The summed E-state index contributed by atoms with van der Waals surface area (Å²) in [5, 5.41) is 30.3. The quantitative estimate of drug-likeness (QED) is 0.560. The Balaban J connectivity index is 3.21. The summed E-state index contributed by atoms with van der Waals surface area (Å²) in [5.74, 6) is -1.50. The molecule has 110 valence electrons. The van der Waals surface area contributed by atoms with Crippen molar-refractivity contribution in [3.63, 3.8) is 0 Å². The van der Waals surface area contributed by atoms with Crippen LogP contribution in [-0.2, 0) is 11.0 Å². The Morgan fingerprint density at radius 1 is 1.45 bits per heavy atom. The van der Waals surface area contributed by atoms with Gasteiger partial charge in [0.2, 0.25) is 0 Å². The summed E-state index contributed by atoms with van der Waals surface area (Å²) in [4.78, 5) is 20.3. The van der Waals surface area contributed by atoms with Crippen molar-refractivity contribution in [3.05, 3.63) is 33.9 Å². The number of hydrogen-bond donors (Lipinski definition) is 3. The van der Waals surface area contributed by atoms with Gasteiger partial charge in [0.1, 0.15) is 11.7 Å². The maximum absolute atomic E-state index is 12.4. The van der Waals surface area contributed by atoms with Crippen LogP contribution in [0, 0.1) is 10.1 Å². The molecule has 0 saturated carbocycles. The molecule has 1 rings (SSSR count). The molecule has 10 heteroatoms. The van der Waals surface area contributed by atoms with Gasteiger partial charge in [-0.15, -0.1) is 0 Å². The second-order valence-electron chi connectivity index (χ2n) is 3.70. The zero-order chi connectivity index (χ0) is 15.5. The molecule has 0 fully saturated rings. The van der Waals surface area contributed by atoms with Crippen molar-refractivity contribution in [3.8, 4) is 0 Å². The summed E-state index contributed by atoms with van der Waals surface area (Å²) in [5.41, 5.74) is -2.59. The first kappa shape index (κ1) is 15.7. The number of aliphatic hydroxyl groups is 1. The van der Waals surface area contributed by atoms with Crippen LogP contribution in [0.25, 0.3) is 0 Å². The minimum Gasteiger partial charge on any atom is -0.480 e. The number of carboxylic acid groups (broad SMARTS) is 1. The molecule has 0 aliphatic rings. The van der Waals surface area contributed by atoms with Gasteiger partial charge < -0.3 is 15.5 Å². The molecule has 0 radical (unpaired) electrons. The molecule has 0 aliphatic heterocycles. The number of rotatable bonds is 5. The predicted octanol–water partition coefficient (Wildman–Crippen LogP) is 1.47. The van der Waals surface area contributed by atoms with Crippen molar-refractivity contribution >= 4 is 17.3 Å². The van der Waals surface area contributed by atoms with E-state index in [9.17, 15) is 28.1 Å². The highest BCUT2D eigenvalue weighted by atomic mass is 19.4. The number of aliphatic carboxylic acids is 1. The fourth-order valence-electron chi connectivity index (χ4n) is 1.35. The summed E-state index contributed by atoms with van der Waals surface area (Å²) >= 11 is 0. The van der Waals surface area contributed by atoms with E-state index in [1.54, 1.807) is 0 Å². The molecular weight excluding hydrogens is 285 g/mol. The van der Waals surface area contributed by atoms with Crippen molar-refractivity contribution in [2.24, 2.45) is 0 Å². The van der Waals surface area contributed by atoms with Crippen LogP contribution >= 0.6 is 0 Å². The van der Waals surface area contributed by atoms with E-state index in [0.29, 0.717) is 12.1 Å². The molecule has 3 N–H and O–H groups in total. The van der Waals surface area contributed by atoms with Crippen LogP contribution in [-0.4, -0.2) is 33.8 Å². The number of anilines is 1. The Bertz CT molecular complexity index is 532. The maximum atomic E-state index is 12.4. The minimum atomic E-state index is -4.76. The van der Waals surface area contributed by atoms with Gasteiger partial charge in [-0.3, -0.25) is 10.1 Å². The topological polar surface area (TPSA) is 113 Å². The molecular formula is C10H9F3N2O5. The predicted molar refractivity (Wildman–Crippen MR) is 60.2 cm³/mol. The molecule has 0 aliphatic carbocycles. The molecule has 0 saturated heterocycles. The Morgan fingerprint density at radius 3 is 2.45 bits per heavy atom. The SMILES string of the molecule is O=C(O)[C@@H](CO)Nc1ccc(C(F)(F)F)cc1[N+](=O)[O-]. The average Bonchev–Trinajstić information content (AvgIpc) is 2.34. The first-order chi connectivity index (χ1) is 9.16. The van der Waals surface area contributed by atoms with E-state index in [2.05, 4.69) is 5.32 Å². The fourth-order valence-corrected chi connectivity index (χ4v) is 1.35. The number of nitro benzene ring substituents is 1. The Hall–Kier alpha value is -2.36. The molecule has 0 unspecified atom stereocenters. The number of hydrogen-bond acceptors (Lipinski definition) is 5. The second kappa shape index (κ2) is 5.74. The minimum absolute atomic E-state index is 0.290. The normalized spacial score (nSPS) is 12.8. The number of alkyl halides is 3. The molecule has 1 aromatic carbocycles. The number of aliphatic hydroxyl groups excluding tert-OH is 1. The number of carboxylic acids is 1. The van der Waals surface area contributed by atoms with E-state index >= 15 is 0 Å². The molecule has 7 nitrogen and oxygen atoms in total. The van der Waals surface area contributed by atoms with Crippen molar-refractivity contribution in [2.45, 2.75) is 12.2 Å². The third-order valence-corrected chi connectivity index (χ3v) is 2.33. The third kappa shape index (κ3) is 3.57. The van der Waals surface area contributed by atoms with E-state index in [-0.39, 0.29) is 0 Å². The zero-order valence-electron chi connectivity index (χ0n) is 9.72. The van der Waals surface area contributed by atoms with E-state index in [0.717, 1.165) is 6.07 Å². The standard InChI is InChI=1S/C10H9F3N2O5/c11-10(12,13)5-1-2-6(8(3-5)15(19)20)14-7(4-16)9(17)18/h1-3,7,14,16H,4H2,(H,17,18)/t7-/m1/s1. The zero-order valence-corrected chi connectivity index (χ0v) is 9.72. The fraction of sp³-hybridized carbons (Fsp3) is 0.300. The van der Waals surface area contributed by atoms with E-state index < -0.39 is 46.7 Å². The lowest BCUT2D eigenvalue weighted by atomic mass is 10.1. The lowest BCUT2D eigenvalue weighted by Crippen LogP contribution is -2.33. The Labute approximate surface area is 109 Å². The van der Waals surface area contributed by atoms with Crippen LogP contribution in [0.2, 0.25) is 0 Å². The monoisotopic (exact) mass is 294 g/mol. The van der Waals surface area contributed by atoms with Crippen molar-refractivity contribution in [1.29, 1.82) is 0 Å². The van der Waals surface area contributed by atoms with Crippen LogP contribution in [0.4, 0.5) is 24.5 Å². The van der Waals surface area contributed by atoms with Gasteiger partial charge in [0.15, 0.2) is 0 Å². The first-order valence-electron chi connectivity index (χ1n) is 5.12. The van der Waals surface area contributed by atoms with Gasteiger partial charge in [0, 0.05) is 6.07 Å². The van der Waals surface area contributed by atoms with Crippen LogP contribution in [0.15, 0.2) is 18.2 Å². The van der Waals surface area contributed by atoms with E-state index in [1.165, 1.54) is 0 Å². The van der Waals surface area contributed by atoms with Crippen LogP contribution in [0.5, 0.6) is 0 Å². The molecule has 0 heterocycles. The highest BCUT2D eigenvalue weighted by Crippen LogP contribution is 2.35. The van der Waals surface area contributed by atoms with Gasteiger partial charge in [0.05, 0.1) is 17.1 Å². The number of nitro groups is 1. The van der Waals surface area contributed by atoms with Gasteiger partial charge in [-0.1, -0.05) is 0 Å². The van der Waals surface area contributed by atoms with Crippen molar-refractivity contribution in [1.82, 2.24) is 0 Å². The average molecular weight is 294 g/mol.